The Hall–Kier alpha value is -1.75. The highest BCUT2D eigenvalue weighted by Gasteiger charge is 2.15. The first-order valence-corrected chi connectivity index (χ1v) is 7.22. The van der Waals surface area contributed by atoms with E-state index in [0.717, 1.165) is 21.6 Å². The van der Waals surface area contributed by atoms with Gasteiger partial charge >= 0.3 is 0 Å². The number of nitrogens with one attached hydrogen (secondary N) is 1. The summed E-state index contributed by atoms with van der Waals surface area (Å²) in [6.07, 6.45) is 5.54. The Morgan fingerprint density at radius 2 is 2.26 bits per heavy atom. The highest BCUT2D eigenvalue weighted by atomic mass is 32.2. The number of aromatic amines is 1. The molecule has 1 heterocycles. The number of aryl methyl sites for hydroxylation is 1. The Balaban J connectivity index is 2.18. The molecule has 1 amide bonds. The Kier molecular flexibility index (Phi) is 4.27. The van der Waals surface area contributed by atoms with Gasteiger partial charge in [0, 0.05) is 35.8 Å². The van der Waals surface area contributed by atoms with Crippen LogP contribution in [-0.2, 0) is 6.54 Å². The molecule has 0 saturated carbocycles. The van der Waals surface area contributed by atoms with E-state index in [1.54, 1.807) is 36.1 Å². The monoisotopic (exact) mass is 275 g/mol. The number of nitrogens with zero attached hydrogens (tertiary/aromatic N) is 2. The molecule has 100 valence electrons. The second-order valence-electron chi connectivity index (χ2n) is 4.45. The summed E-state index contributed by atoms with van der Waals surface area (Å²) in [6, 6.07) is 5.98. The molecule has 2 aromatic rings. The van der Waals surface area contributed by atoms with Gasteiger partial charge in [-0.05, 0) is 30.9 Å². The maximum Gasteiger partial charge on any atom is 0.254 e. The number of carbonyl (C=O) groups excluding carboxylic acids is 1. The van der Waals surface area contributed by atoms with E-state index >= 15 is 0 Å². The summed E-state index contributed by atoms with van der Waals surface area (Å²) in [5, 5.41) is 6.64. The molecule has 0 bridgehead atoms. The lowest BCUT2D eigenvalue weighted by Crippen LogP contribution is -2.26. The van der Waals surface area contributed by atoms with Gasteiger partial charge in [0.25, 0.3) is 5.91 Å². The van der Waals surface area contributed by atoms with Crippen LogP contribution in [0, 0.1) is 6.92 Å². The number of benzene rings is 1. The van der Waals surface area contributed by atoms with Gasteiger partial charge < -0.3 is 4.90 Å². The molecule has 0 atom stereocenters. The molecule has 2 rings (SSSR count). The van der Waals surface area contributed by atoms with Crippen molar-refractivity contribution in [1.29, 1.82) is 0 Å². The number of amides is 1. The molecule has 1 aromatic heterocycles. The minimum absolute atomic E-state index is 0.0367. The average molecular weight is 275 g/mol. The molecule has 0 radical (unpaired) electrons. The number of thioether (sulfide) groups is 1. The Morgan fingerprint density at radius 3 is 2.89 bits per heavy atom. The molecule has 0 aliphatic carbocycles. The van der Waals surface area contributed by atoms with Crippen LogP contribution >= 0.6 is 11.8 Å². The first kappa shape index (κ1) is 13.7. The summed E-state index contributed by atoms with van der Waals surface area (Å²) in [5.74, 6) is 0.0367. The third-order valence-electron chi connectivity index (χ3n) is 3.00. The van der Waals surface area contributed by atoms with E-state index in [1.807, 2.05) is 31.4 Å². The lowest BCUT2D eigenvalue weighted by atomic mass is 10.1. The Labute approximate surface area is 117 Å². The van der Waals surface area contributed by atoms with Gasteiger partial charge in [0.1, 0.15) is 0 Å². The summed E-state index contributed by atoms with van der Waals surface area (Å²) in [6.45, 7) is 2.52. The second-order valence-corrected chi connectivity index (χ2v) is 5.33. The summed E-state index contributed by atoms with van der Waals surface area (Å²) < 4.78 is 0. The maximum absolute atomic E-state index is 12.4. The lowest BCUT2D eigenvalue weighted by molar-refractivity contribution is 0.0784. The molecule has 0 unspecified atom stereocenters. The normalized spacial score (nSPS) is 10.5. The van der Waals surface area contributed by atoms with Gasteiger partial charge in [-0.25, -0.2) is 0 Å². The summed E-state index contributed by atoms with van der Waals surface area (Å²) in [7, 11) is 1.81. The minimum Gasteiger partial charge on any atom is -0.337 e. The number of hydrogen-bond donors (Lipinski definition) is 1. The van der Waals surface area contributed by atoms with Crippen molar-refractivity contribution in [1.82, 2.24) is 15.1 Å². The van der Waals surface area contributed by atoms with Crippen molar-refractivity contribution in [2.75, 3.05) is 13.3 Å². The van der Waals surface area contributed by atoms with Crippen LogP contribution in [0.3, 0.4) is 0 Å². The highest BCUT2D eigenvalue weighted by molar-refractivity contribution is 7.98. The van der Waals surface area contributed by atoms with Crippen LogP contribution < -0.4 is 0 Å². The standard InChI is InChI=1S/C14H17N3OS/c1-10-4-5-12(19-3)6-13(10)14(18)17(2)9-11-7-15-16-8-11/h4-8H,9H2,1-3H3,(H,15,16). The van der Waals surface area contributed by atoms with E-state index in [4.69, 9.17) is 0 Å². The van der Waals surface area contributed by atoms with E-state index in [1.165, 1.54) is 0 Å². The molecule has 4 nitrogen and oxygen atoms in total. The van der Waals surface area contributed by atoms with Gasteiger partial charge in [-0.1, -0.05) is 6.07 Å². The SMILES string of the molecule is CSc1ccc(C)c(C(=O)N(C)Cc2cn[nH]c2)c1. The van der Waals surface area contributed by atoms with Crippen molar-refractivity contribution in [3.8, 4) is 0 Å². The molecular formula is C14H17N3OS. The van der Waals surface area contributed by atoms with Gasteiger partial charge in [0.05, 0.1) is 6.20 Å². The molecule has 0 spiro atoms. The number of carbonyl (C=O) groups is 1. The first-order valence-electron chi connectivity index (χ1n) is 5.99. The molecule has 0 fully saturated rings. The van der Waals surface area contributed by atoms with Gasteiger partial charge in [-0.2, -0.15) is 5.10 Å². The van der Waals surface area contributed by atoms with Crippen LogP contribution in [0.1, 0.15) is 21.5 Å². The van der Waals surface area contributed by atoms with E-state index in [2.05, 4.69) is 10.2 Å². The molecule has 1 aromatic carbocycles. The number of aromatic nitrogens is 2. The quantitative estimate of drug-likeness (QED) is 0.873. The smallest absolute Gasteiger partial charge is 0.254 e. The van der Waals surface area contributed by atoms with Gasteiger partial charge in [-0.15, -0.1) is 11.8 Å². The molecule has 0 aliphatic heterocycles. The van der Waals surface area contributed by atoms with Crippen molar-refractivity contribution < 1.29 is 4.79 Å². The van der Waals surface area contributed by atoms with E-state index < -0.39 is 0 Å². The predicted molar refractivity (Wildman–Crippen MR) is 77.3 cm³/mol. The third-order valence-corrected chi connectivity index (χ3v) is 3.72. The number of rotatable bonds is 4. The molecule has 0 saturated heterocycles. The van der Waals surface area contributed by atoms with Gasteiger partial charge in [-0.3, -0.25) is 9.89 Å². The lowest BCUT2D eigenvalue weighted by Gasteiger charge is -2.18. The van der Waals surface area contributed by atoms with Crippen molar-refractivity contribution in [3.63, 3.8) is 0 Å². The largest absolute Gasteiger partial charge is 0.337 e. The van der Waals surface area contributed by atoms with Crippen molar-refractivity contribution in [2.24, 2.45) is 0 Å². The molecule has 19 heavy (non-hydrogen) atoms. The predicted octanol–water partition coefficient (Wildman–Crippen LogP) is 2.71. The average Bonchev–Trinajstić information content (AvgIpc) is 2.91. The molecule has 0 aliphatic rings. The zero-order chi connectivity index (χ0) is 13.8. The number of H-pyrrole nitrogens is 1. The van der Waals surface area contributed by atoms with Crippen LogP contribution in [0.15, 0.2) is 35.5 Å². The fourth-order valence-electron chi connectivity index (χ4n) is 1.87. The minimum atomic E-state index is 0.0367. The van der Waals surface area contributed by atoms with Crippen LogP contribution in [-0.4, -0.2) is 34.3 Å². The zero-order valence-corrected chi connectivity index (χ0v) is 12.1. The van der Waals surface area contributed by atoms with Gasteiger partial charge in [0.15, 0.2) is 0 Å². The molecule has 1 N–H and O–H groups in total. The Bertz CT molecular complexity index is 566. The van der Waals surface area contributed by atoms with E-state index in [9.17, 15) is 4.79 Å². The van der Waals surface area contributed by atoms with Gasteiger partial charge in [0.2, 0.25) is 0 Å². The summed E-state index contributed by atoms with van der Waals surface area (Å²) in [5.41, 5.74) is 2.76. The van der Waals surface area contributed by atoms with Crippen molar-refractivity contribution >= 4 is 17.7 Å². The molecular weight excluding hydrogens is 258 g/mol. The van der Waals surface area contributed by atoms with E-state index in [0.29, 0.717) is 6.54 Å². The van der Waals surface area contributed by atoms with Crippen LogP contribution in [0.25, 0.3) is 0 Å². The highest BCUT2D eigenvalue weighted by Crippen LogP contribution is 2.20. The third kappa shape index (κ3) is 3.17. The second kappa shape index (κ2) is 5.93. The fraction of sp³-hybridized carbons (Fsp3) is 0.286. The topological polar surface area (TPSA) is 49.0 Å². The fourth-order valence-corrected chi connectivity index (χ4v) is 2.31. The Morgan fingerprint density at radius 1 is 1.47 bits per heavy atom. The van der Waals surface area contributed by atoms with Crippen molar-refractivity contribution in [3.05, 3.63) is 47.3 Å². The van der Waals surface area contributed by atoms with Crippen LogP contribution in [0.5, 0.6) is 0 Å². The summed E-state index contributed by atoms with van der Waals surface area (Å²) >= 11 is 1.64. The van der Waals surface area contributed by atoms with Crippen molar-refractivity contribution in [2.45, 2.75) is 18.4 Å². The molecule has 5 heteroatoms. The summed E-state index contributed by atoms with van der Waals surface area (Å²) in [4.78, 5) is 15.3. The van der Waals surface area contributed by atoms with Crippen LogP contribution in [0.4, 0.5) is 0 Å². The number of hydrogen-bond acceptors (Lipinski definition) is 3. The zero-order valence-electron chi connectivity index (χ0n) is 11.3. The van der Waals surface area contributed by atoms with Crippen LogP contribution in [0.2, 0.25) is 0 Å². The van der Waals surface area contributed by atoms with E-state index in [-0.39, 0.29) is 5.91 Å². The maximum atomic E-state index is 12.4. The first-order chi connectivity index (χ1) is 9.11.